The maximum absolute atomic E-state index is 12.6. The SMILES string of the molecule is COc1ccc(C2(OC)C#CC(O)(c3ccccc3)C#CC(O)(c3ccccc3)C#CC(OC)(c3ccc(OC)cc3)C#CC(OC)(c3ccc(OC)cc3)C#C2)cc1. The van der Waals surface area contributed by atoms with Crippen LogP contribution in [0.4, 0.5) is 0 Å². The number of hydrogen-bond donors (Lipinski definition) is 2. The Hall–Kier alpha value is -6.90. The Morgan fingerprint density at radius 1 is 0.305 bits per heavy atom. The van der Waals surface area contributed by atoms with Gasteiger partial charge in [0.1, 0.15) is 17.2 Å². The first-order valence-corrected chi connectivity index (χ1v) is 18.4. The molecule has 0 heterocycles. The Balaban J connectivity index is 1.79. The predicted molar refractivity (Wildman–Crippen MR) is 225 cm³/mol. The van der Waals surface area contributed by atoms with Crippen molar-refractivity contribution in [1.82, 2.24) is 0 Å². The van der Waals surface area contributed by atoms with Gasteiger partial charge in [-0.15, -0.1) is 0 Å². The van der Waals surface area contributed by atoms with Gasteiger partial charge >= 0.3 is 0 Å². The molecule has 2 N–H and O–H groups in total. The second-order valence-electron chi connectivity index (χ2n) is 13.2. The Labute approximate surface area is 346 Å². The van der Waals surface area contributed by atoms with Crippen LogP contribution in [0.25, 0.3) is 0 Å². The van der Waals surface area contributed by atoms with E-state index in [2.05, 4.69) is 59.2 Å². The van der Waals surface area contributed by atoms with Gasteiger partial charge < -0.3 is 38.6 Å². The van der Waals surface area contributed by atoms with Gasteiger partial charge in [-0.3, -0.25) is 0 Å². The molecule has 0 amide bonds. The minimum absolute atomic E-state index is 0.331. The van der Waals surface area contributed by atoms with Crippen LogP contribution < -0.4 is 14.2 Å². The van der Waals surface area contributed by atoms with Crippen molar-refractivity contribution in [1.29, 1.82) is 0 Å². The summed E-state index contributed by atoms with van der Waals surface area (Å²) in [6.45, 7) is 0. The van der Waals surface area contributed by atoms with Crippen LogP contribution >= 0.6 is 0 Å². The van der Waals surface area contributed by atoms with Crippen molar-refractivity contribution in [2.75, 3.05) is 42.7 Å². The van der Waals surface area contributed by atoms with E-state index < -0.39 is 28.0 Å². The lowest BCUT2D eigenvalue weighted by molar-refractivity contribution is 0.0756. The molecule has 59 heavy (non-hydrogen) atoms. The van der Waals surface area contributed by atoms with Gasteiger partial charge in [0.05, 0.1) is 21.3 Å². The number of methoxy groups -OCH3 is 6. The average molecular weight is 783 g/mol. The lowest BCUT2D eigenvalue weighted by atomic mass is 9.87. The van der Waals surface area contributed by atoms with Crippen molar-refractivity contribution >= 4 is 0 Å². The van der Waals surface area contributed by atoms with E-state index in [4.69, 9.17) is 28.4 Å². The second kappa shape index (κ2) is 17.7. The van der Waals surface area contributed by atoms with Crippen LogP contribution in [0, 0.1) is 59.2 Å². The molecule has 0 spiro atoms. The molecule has 8 nitrogen and oxygen atoms in total. The van der Waals surface area contributed by atoms with E-state index in [9.17, 15) is 10.2 Å². The average Bonchev–Trinajstić information content (AvgIpc) is 3.31. The van der Waals surface area contributed by atoms with E-state index in [0.29, 0.717) is 45.1 Å². The van der Waals surface area contributed by atoms with Crippen molar-refractivity contribution in [2.24, 2.45) is 0 Å². The van der Waals surface area contributed by atoms with Gasteiger partial charge in [-0.1, -0.05) is 97.1 Å². The van der Waals surface area contributed by atoms with Crippen LogP contribution in [-0.2, 0) is 42.2 Å². The maximum atomic E-state index is 12.6. The Morgan fingerprint density at radius 3 is 0.780 bits per heavy atom. The molecule has 1 aliphatic carbocycles. The molecule has 0 fully saturated rings. The quantitative estimate of drug-likeness (QED) is 0.148. The molecular formula is C51H42O8. The van der Waals surface area contributed by atoms with Crippen LogP contribution in [0.1, 0.15) is 27.8 Å². The molecule has 1 aliphatic rings. The summed E-state index contributed by atoms with van der Waals surface area (Å²) >= 11 is 0. The lowest BCUT2D eigenvalue weighted by Crippen LogP contribution is -2.31. The minimum atomic E-state index is -2.19. The van der Waals surface area contributed by atoms with Crippen molar-refractivity contribution in [3.05, 3.63) is 161 Å². The highest BCUT2D eigenvalue weighted by Gasteiger charge is 2.37. The molecule has 0 saturated carbocycles. The van der Waals surface area contributed by atoms with Crippen molar-refractivity contribution in [3.63, 3.8) is 0 Å². The van der Waals surface area contributed by atoms with Crippen LogP contribution in [0.3, 0.4) is 0 Å². The molecular weight excluding hydrogens is 741 g/mol. The zero-order valence-corrected chi connectivity index (χ0v) is 33.5. The summed E-state index contributed by atoms with van der Waals surface area (Å²) in [6.07, 6.45) is 0. The molecule has 0 aliphatic heterocycles. The molecule has 4 atom stereocenters. The minimum Gasteiger partial charge on any atom is -0.497 e. The van der Waals surface area contributed by atoms with Crippen molar-refractivity contribution in [2.45, 2.75) is 28.0 Å². The molecule has 6 rings (SSSR count). The number of rotatable bonds is 11. The molecule has 8 heteroatoms. The fourth-order valence-corrected chi connectivity index (χ4v) is 6.26. The number of benzene rings is 5. The van der Waals surface area contributed by atoms with Crippen molar-refractivity contribution in [3.8, 4) is 76.5 Å². The molecule has 4 unspecified atom stereocenters. The summed E-state index contributed by atoms with van der Waals surface area (Å²) in [6, 6.07) is 38.6. The van der Waals surface area contributed by atoms with E-state index in [1.165, 1.54) is 21.3 Å². The van der Waals surface area contributed by atoms with E-state index in [0.717, 1.165) is 0 Å². The van der Waals surface area contributed by atoms with Crippen LogP contribution in [0.2, 0.25) is 0 Å². The second-order valence-corrected chi connectivity index (χ2v) is 13.2. The fraction of sp³-hybridized carbons (Fsp3) is 0.216. The molecule has 5 aromatic rings. The fourth-order valence-electron chi connectivity index (χ4n) is 6.26. The van der Waals surface area contributed by atoms with Crippen molar-refractivity contribution < 1.29 is 38.6 Å². The normalized spacial score (nSPS) is 24.5. The van der Waals surface area contributed by atoms with E-state index >= 15 is 0 Å². The third kappa shape index (κ3) is 8.68. The first kappa shape index (κ1) is 41.7. The summed E-state index contributed by atoms with van der Waals surface area (Å²) < 4.78 is 35.2. The van der Waals surface area contributed by atoms with Gasteiger partial charge in [-0.2, -0.15) is 0 Å². The van der Waals surface area contributed by atoms with E-state index in [1.807, 2.05) is 0 Å². The van der Waals surface area contributed by atoms with Gasteiger partial charge in [0.2, 0.25) is 28.0 Å². The standard InChI is InChI=1S/C51H42O8/c1-54-44-23-17-41(18-24-44)49(57-4)33-31-47(52,39-13-9-7-10-14-39)29-30-48(53,40-15-11-8-12-16-40)32-34-50(58-5,42-19-25-45(55-2)26-20-42)36-38-51(59-6,37-35-49)43-21-27-46(56-3)28-22-43/h7-28,52-53H,1-6H3. The number of ether oxygens (including phenoxy) is 6. The summed E-state index contributed by atoms with van der Waals surface area (Å²) in [4.78, 5) is 0. The monoisotopic (exact) mass is 782 g/mol. The molecule has 0 aromatic heterocycles. The molecule has 294 valence electrons. The van der Waals surface area contributed by atoms with Crippen LogP contribution in [-0.4, -0.2) is 52.9 Å². The van der Waals surface area contributed by atoms with Gasteiger partial charge in [-0.05, 0) is 95.6 Å². The molecule has 5 aromatic carbocycles. The maximum Gasteiger partial charge on any atom is 0.216 e. The zero-order chi connectivity index (χ0) is 42.0. The van der Waals surface area contributed by atoms with Crippen LogP contribution in [0.5, 0.6) is 17.2 Å². The molecule has 0 radical (unpaired) electrons. The van der Waals surface area contributed by atoms with Crippen LogP contribution in [0.15, 0.2) is 133 Å². The third-order valence-corrected chi connectivity index (χ3v) is 9.88. The van der Waals surface area contributed by atoms with Gasteiger partial charge in [0, 0.05) is 49.1 Å². The number of aliphatic hydroxyl groups is 2. The van der Waals surface area contributed by atoms with E-state index in [1.54, 1.807) is 155 Å². The summed E-state index contributed by atoms with van der Waals surface area (Å²) in [5.74, 6) is 32.9. The first-order chi connectivity index (χ1) is 28.5. The highest BCUT2D eigenvalue weighted by molar-refractivity contribution is 5.56. The zero-order valence-electron chi connectivity index (χ0n) is 33.5. The third-order valence-electron chi connectivity index (χ3n) is 9.88. The van der Waals surface area contributed by atoms with Gasteiger partial charge in [0.25, 0.3) is 0 Å². The predicted octanol–water partition coefficient (Wildman–Crippen LogP) is 6.44. The molecule has 0 bridgehead atoms. The summed E-state index contributed by atoms with van der Waals surface area (Å²) in [7, 11) is 9.11. The highest BCUT2D eigenvalue weighted by Crippen LogP contribution is 2.34. The Kier molecular flexibility index (Phi) is 12.5. The largest absolute Gasteiger partial charge is 0.497 e. The lowest BCUT2D eigenvalue weighted by Gasteiger charge is -2.27. The van der Waals surface area contributed by atoms with Gasteiger partial charge in [-0.25, -0.2) is 0 Å². The topological polar surface area (TPSA) is 95.8 Å². The molecule has 0 saturated heterocycles. The van der Waals surface area contributed by atoms with E-state index in [-0.39, 0.29) is 0 Å². The van der Waals surface area contributed by atoms with Gasteiger partial charge in [0.15, 0.2) is 0 Å². The summed E-state index contributed by atoms with van der Waals surface area (Å²) in [5, 5.41) is 25.1. The Bertz CT molecular complexity index is 2410. The smallest absolute Gasteiger partial charge is 0.216 e. The highest BCUT2D eigenvalue weighted by atomic mass is 16.5. The number of hydrogen-bond acceptors (Lipinski definition) is 8. The first-order valence-electron chi connectivity index (χ1n) is 18.4. The Morgan fingerprint density at radius 2 is 0.542 bits per heavy atom. The summed E-state index contributed by atoms with van der Waals surface area (Å²) in [5.41, 5.74) is -7.31.